The Morgan fingerprint density at radius 1 is 1.18 bits per heavy atom. The molecule has 1 amide bonds. The van der Waals surface area contributed by atoms with Crippen LogP contribution in [0, 0.1) is 0 Å². The second-order valence-electron chi connectivity index (χ2n) is 5.69. The fraction of sp³-hybridized carbons (Fsp3) is 0.846. The van der Waals surface area contributed by atoms with Crippen molar-refractivity contribution in [3.05, 3.63) is 0 Å². The lowest BCUT2D eigenvalue weighted by Gasteiger charge is -2.25. The van der Waals surface area contributed by atoms with Crippen LogP contribution in [0.3, 0.4) is 0 Å². The number of amides is 1. The van der Waals surface area contributed by atoms with Gasteiger partial charge in [0.15, 0.2) is 5.96 Å². The molecule has 0 heterocycles. The van der Waals surface area contributed by atoms with E-state index in [-0.39, 0.29) is 12.5 Å². The third kappa shape index (κ3) is 11.0. The molecule has 0 rings (SSSR count). The topological polar surface area (TPSA) is 66.0 Å². The number of nitrogens with one attached hydrogen (secondary N) is 2. The summed E-state index contributed by atoms with van der Waals surface area (Å²) in [6, 6.07) is 0. The van der Waals surface area contributed by atoms with E-state index in [2.05, 4.69) is 15.6 Å². The maximum Gasteiger partial charge on any atom is 0.410 e. The van der Waals surface area contributed by atoms with Crippen LogP contribution in [-0.4, -0.2) is 62.5 Å². The Morgan fingerprint density at radius 3 is 2.18 bits per heavy atom. The number of alkyl halides is 3. The highest BCUT2D eigenvalue weighted by Gasteiger charge is 2.26. The van der Waals surface area contributed by atoms with Crippen molar-refractivity contribution in [3.63, 3.8) is 0 Å². The normalized spacial score (nSPS) is 12.8. The lowest BCUT2D eigenvalue weighted by atomic mass is 10.2. The van der Waals surface area contributed by atoms with Gasteiger partial charge in [-0.2, -0.15) is 13.2 Å². The van der Waals surface area contributed by atoms with Crippen molar-refractivity contribution in [2.45, 2.75) is 39.0 Å². The molecule has 0 aliphatic carbocycles. The van der Waals surface area contributed by atoms with Gasteiger partial charge < -0.3 is 20.3 Å². The molecule has 0 aromatic heterocycles. The van der Waals surface area contributed by atoms with Gasteiger partial charge in [0.2, 0.25) is 0 Å². The Morgan fingerprint density at radius 2 is 1.73 bits per heavy atom. The molecule has 0 unspecified atom stereocenters. The van der Waals surface area contributed by atoms with Gasteiger partial charge in [0.05, 0.1) is 6.42 Å². The van der Waals surface area contributed by atoms with E-state index >= 15 is 0 Å². The molecule has 2 N–H and O–H groups in total. The van der Waals surface area contributed by atoms with Crippen LogP contribution >= 0.6 is 0 Å². The summed E-state index contributed by atoms with van der Waals surface area (Å²) < 4.78 is 41.3. The zero-order valence-corrected chi connectivity index (χ0v) is 13.7. The maximum atomic E-state index is 12.0. The van der Waals surface area contributed by atoms with Gasteiger partial charge in [0.1, 0.15) is 5.60 Å². The third-order valence-electron chi connectivity index (χ3n) is 2.37. The zero-order chi connectivity index (χ0) is 17.4. The summed E-state index contributed by atoms with van der Waals surface area (Å²) in [4.78, 5) is 16.9. The van der Waals surface area contributed by atoms with Crippen LogP contribution in [0.15, 0.2) is 4.99 Å². The van der Waals surface area contributed by atoms with Gasteiger partial charge >= 0.3 is 12.3 Å². The van der Waals surface area contributed by atoms with Gasteiger partial charge in [-0.15, -0.1) is 0 Å². The minimum absolute atomic E-state index is 0.252. The highest BCUT2D eigenvalue weighted by atomic mass is 19.4. The molecule has 9 heteroatoms. The van der Waals surface area contributed by atoms with Crippen molar-refractivity contribution in [2.75, 3.05) is 33.7 Å². The van der Waals surface area contributed by atoms with Crippen LogP contribution in [0.25, 0.3) is 0 Å². The number of nitrogens with zero attached hydrogens (tertiary/aromatic N) is 2. The molecular weight excluding hydrogens is 301 g/mol. The van der Waals surface area contributed by atoms with E-state index in [1.54, 1.807) is 27.8 Å². The van der Waals surface area contributed by atoms with Crippen LogP contribution in [-0.2, 0) is 4.74 Å². The van der Waals surface area contributed by atoms with Gasteiger partial charge in [-0.1, -0.05) is 0 Å². The lowest BCUT2D eigenvalue weighted by Crippen LogP contribution is -2.43. The molecule has 0 aromatic rings. The number of rotatable bonds is 5. The van der Waals surface area contributed by atoms with E-state index in [1.165, 1.54) is 11.9 Å². The molecule has 0 spiro atoms. The van der Waals surface area contributed by atoms with Crippen LogP contribution in [0.2, 0.25) is 0 Å². The number of carbonyl (C=O) groups excluding carboxylic acids is 1. The van der Waals surface area contributed by atoms with Crippen molar-refractivity contribution in [1.29, 1.82) is 0 Å². The van der Waals surface area contributed by atoms with E-state index in [9.17, 15) is 18.0 Å². The second kappa shape index (κ2) is 8.70. The van der Waals surface area contributed by atoms with Crippen molar-refractivity contribution in [1.82, 2.24) is 15.5 Å². The second-order valence-corrected chi connectivity index (χ2v) is 5.69. The molecule has 0 aliphatic heterocycles. The highest BCUT2D eigenvalue weighted by Crippen LogP contribution is 2.17. The Bertz CT molecular complexity index is 378. The van der Waals surface area contributed by atoms with Gasteiger partial charge in [-0.05, 0) is 20.8 Å². The third-order valence-corrected chi connectivity index (χ3v) is 2.37. The summed E-state index contributed by atoms with van der Waals surface area (Å²) >= 11 is 0. The first-order chi connectivity index (χ1) is 9.94. The molecule has 6 nitrogen and oxygen atoms in total. The Labute approximate surface area is 129 Å². The highest BCUT2D eigenvalue weighted by molar-refractivity contribution is 5.79. The summed E-state index contributed by atoms with van der Waals surface area (Å²) in [6.45, 7) is 5.71. The number of halogens is 3. The molecule has 0 saturated carbocycles. The molecule has 22 heavy (non-hydrogen) atoms. The smallest absolute Gasteiger partial charge is 0.410 e. The summed E-state index contributed by atoms with van der Waals surface area (Å²) in [6.07, 6.45) is -5.61. The first-order valence-electron chi connectivity index (χ1n) is 6.90. The quantitative estimate of drug-likeness (QED) is 0.599. The Hall–Kier alpha value is -1.67. The van der Waals surface area contributed by atoms with Gasteiger partial charge in [0.25, 0.3) is 0 Å². The van der Waals surface area contributed by atoms with Crippen molar-refractivity contribution < 1.29 is 22.7 Å². The van der Waals surface area contributed by atoms with Crippen LogP contribution in [0.5, 0.6) is 0 Å². The average molecular weight is 326 g/mol. The molecule has 0 fully saturated rings. The fourth-order valence-electron chi connectivity index (χ4n) is 1.32. The van der Waals surface area contributed by atoms with E-state index in [0.29, 0.717) is 13.1 Å². The molecule has 0 atom stereocenters. The van der Waals surface area contributed by atoms with E-state index < -0.39 is 24.3 Å². The van der Waals surface area contributed by atoms with Crippen LogP contribution in [0.4, 0.5) is 18.0 Å². The monoisotopic (exact) mass is 326 g/mol. The average Bonchev–Trinajstić information content (AvgIpc) is 2.33. The van der Waals surface area contributed by atoms with E-state index in [0.717, 1.165) is 0 Å². The van der Waals surface area contributed by atoms with Crippen molar-refractivity contribution in [2.24, 2.45) is 4.99 Å². The largest absolute Gasteiger partial charge is 0.444 e. The molecular formula is C13H25F3N4O2. The van der Waals surface area contributed by atoms with E-state index in [1.807, 2.05) is 0 Å². The number of ether oxygens (including phenoxy) is 1. The summed E-state index contributed by atoms with van der Waals surface area (Å²) in [5, 5.41) is 5.38. The summed E-state index contributed by atoms with van der Waals surface area (Å²) in [5.74, 6) is 0.252. The Kier molecular flexibility index (Phi) is 8.04. The number of aliphatic imine (C=N–C) groups is 1. The summed E-state index contributed by atoms with van der Waals surface area (Å²) in [7, 11) is 3.04. The lowest BCUT2D eigenvalue weighted by molar-refractivity contribution is -0.132. The summed E-state index contributed by atoms with van der Waals surface area (Å²) in [5.41, 5.74) is -0.575. The fourth-order valence-corrected chi connectivity index (χ4v) is 1.32. The maximum absolute atomic E-state index is 12.0. The predicted molar refractivity (Wildman–Crippen MR) is 78.9 cm³/mol. The molecule has 0 aromatic carbocycles. The number of hydrogen-bond acceptors (Lipinski definition) is 3. The molecule has 0 radical (unpaired) electrons. The zero-order valence-electron chi connectivity index (χ0n) is 13.7. The van der Waals surface area contributed by atoms with Crippen LogP contribution in [0.1, 0.15) is 27.2 Å². The Balaban J connectivity index is 4.03. The molecule has 0 saturated heterocycles. The predicted octanol–water partition coefficient (Wildman–Crippen LogP) is 1.97. The number of likely N-dealkylation sites (N-methyl/N-ethyl adjacent to an activating group) is 1. The SMILES string of the molecule is CN=C(NCCN(C)C(=O)OC(C)(C)C)NCCC(F)(F)F. The minimum atomic E-state index is -4.21. The van der Waals surface area contributed by atoms with Crippen molar-refractivity contribution >= 4 is 12.1 Å². The molecule has 0 bridgehead atoms. The number of guanidine groups is 1. The number of hydrogen-bond donors (Lipinski definition) is 2. The minimum Gasteiger partial charge on any atom is -0.444 e. The first-order valence-corrected chi connectivity index (χ1v) is 6.90. The van der Waals surface area contributed by atoms with Gasteiger partial charge in [0, 0.05) is 33.7 Å². The first kappa shape index (κ1) is 20.3. The standard InChI is InChI=1S/C13H25F3N4O2/c1-12(2,3)22-11(21)20(5)9-8-19-10(17-4)18-7-6-13(14,15)16/h6-9H2,1-5H3,(H2,17,18,19). The van der Waals surface area contributed by atoms with Crippen molar-refractivity contribution in [3.8, 4) is 0 Å². The van der Waals surface area contributed by atoms with E-state index in [4.69, 9.17) is 4.74 Å². The molecule has 130 valence electrons. The van der Waals surface area contributed by atoms with Crippen LogP contribution < -0.4 is 10.6 Å². The number of carbonyl (C=O) groups is 1. The molecule has 0 aliphatic rings. The van der Waals surface area contributed by atoms with Gasteiger partial charge in [-0.3, -0.25) is 4.99 Å². The van der Waals surface area contributed by atoms with Gasteiger partial charge in [-0.25, -0.2) is 4.79 Å².